The summed E-state index contributed by atoms with van der Waals surface area (Å²) in [5.41, 5.74) is 3.70. The van der Waals surface area contributed by atoms with E-state index in [0.717, 1.165) is 13.1 Å². The lowest BCUT2D eigenvalue weighted by atomic mass is 10.2. The zero-order valence-corrected chi connectivity index (χ0v) is 10.3. The maximum Gasteiger partial charge on any atom is 0.0952 e. The average Bonchev–Trinajstić information content (AvgIpc) is 2.83. The summed E-state index contributed by atoms with van der Waals surface area (Å²) in [5, 5.41) is 3.14. The van der Waals surface area contributed by atoms with E-state index in [9.17, 15) is 0 Å². The van der Waals surface area contributed by atoms with Crippen molar-refractivity contribution in [3.05, 3.63) is 54.0 Å². The number of rotatable bonds is 5. The van der Waals surface area contributed by atoms with Crippen molar-refractivity contribution in [2.24, 2.45) is 0 Å². The number of hydrogen-bond acceptors (Lipinski definition) is 3. The van der Waals surface area contributed by atoms with Gasteiger partial charge in [0.15, 0.2) is 0 Å². The molecule has 17 heavy (non-hydrogen) atoms. The van der Waals surface area contributed by atoms with Crippen molar-refractivity contribution < 1.29 is 4.42 Å². The summed E-state index contributed by atoms with van der Waals surface area (Å²) in [6, 6.07) is 10.6. The quantitative estimate of drug-likeness (QED) is 0.856. The van der Waals surface area contributed by atoms with E-state index in [-0.39, 0.29) is 0 Å². The molecule has 0 saturated carbocycles. The molecule has 0 amide bonds. The Morgan fingerprint density at radius 3 is 2.47 bits per heavy atom. The SMILES string of the molecule is CNCc1ccc(N(C)Cc2ccoc2)cc1. The molecular formula is C14H18N2O. The molecule has 3 nitrogen and oxygen atoms in total. The molecule has 1 aromatic carbocycles. The molecule has 0 fully saturated rings. The van der Waals surface area contributed by atoms with Gasteiger partial charge in [0.2, 0.25) is 0 Å². The first-order chi connectivity index (χ1) is 8.29. The molecule has 90 valence electrons. The van der Waals surface area contributed by atoms with Crippen LogP contribution >= 0.6 is 0 Å². The smallest absolute Gasteiger partial charge is 0.0952 e. The molecule has 2 aromatic rings. The Morgan fingerprint density at radius 2 is 1.88 bits per heavy atom. The van der Waals surface area contributed by atoms with Gasteiger partial charge in [-0.05, 0) is 30.8 Å². The fourth-order valence-corrected chi connectivity index (χ4v) is 1.82. The maximum atomic E-state index is 5.07. The van der Waals surface area contributed by atoms with Gasteiger partial charge in [0.1, 0.15) is 0 Å². The summed E-state index contributed by atoms with van der Waals surface area (Å²) in [4.78, 5) is 2.20. The van der Waals surface area contributed by atoms with E-state index < -0.39 is 0 Å². The molecule has 3 heteroatoms. The Morgan fingerprint density at radius 1 is 1.12 bits per heavy atom. The fraction of sp³-hybridized carbons (Fsp3) is 0.286. The van der Waals surface area contributed by atoms with Gasteiger partial charge < -0.3 is 14.6 Å². The molecule has 0 aliphatic heterocycles. The van der Waals surface area contributed by atoms with Crippen LogP contribution in [0, 0.1) is 0 Å². The van der Waals surface area contributed by atoms with Gasteiger partial charge in [0.05, 0.1) is 12.5 Å². The lowest BCUT2D eigenvalue weighted by molar-refractivity contribution is 0.563. The van der Waals surface area contributed by atoms with E-state index in [4.69, 9.17) is 4.42 Å². The summed E-state index contributed by atoms with van der Waals surface area (Å²) in [7, 11) is 4.04. The predicted molar refractivity (Wildman–Crippen MR) is 70.0 cm³/mol. The first-order valence-electron chi connectivity index (χ1n) is 5.75. The van der Waals surface area contributed by atoms with Crippen molar-refractivity contribution in [2.45, 2.75) is 13.1 Å². The zero-order chi connectivity index (χ0) is 12.1. The van der Waals surface area contributed by atoms with Crippen molar-refractivity contribution >= 4 is 5.69 Å². The zero-order valence-electron chi connectivity index (χ0n) is 10.3. The third kappa shape index (κ3) is 3.11. The molecule has 0 spiro atoms. The van der Waals surface area contributed by atoms with E-state index >= 15 is 0 Å². The Hall–Kier alpha value is -1.74. The van der Waals surface area contributed by atoms with Gasteiger partial charge in [-0.2, -0.15) is 0 Å². The van der Waals surface area contributed by atoms with Gasteiger partial charge in [-0.3, -0.25) is 0 Å². The van der Waals surface area contributed by atoms with Crippen molar-refractivity contribution in [1.82, 2.24) is 5.32 Å². The Kier molecular flexibility index (Phi) is 3.83. The molecule has 1 heterocycles. The Labute approximate surface area is 102 Å². The van der Waals surface area contributed by atoms with Crippen LogP contribution in [-0.2, 0) is 13.1 Å². The molecule has 0 aliphatic rings. The average molecular weight is 230 g/mol. The number of anilines is 1. The first-order valence-corrected chi connectivity index (χ1v) is 5.75. The normalized spacial score (nSPS) is 10.5. The van der Waals surface area contributed by atoms with Crippen molar-refractivity contribution in [2.75, 3.05) is 19.0 Å². The molecule has 1 aromatic heterocycles. The molecule has 0 radical (unpaired) electrons. The Balaban J connectivity index is 2.01. The van der Waals surface area contributed by atoms with E-state index in [1.807, 2.05) is 13.1 Å². The van der Waals surface area contributed by atoms with Crippen molar-refractivity contribution in [1.29, 1.82) is 0 Å². The molecule has 1 N–H and O–H groups in total. The van der Waals surface area contributed by atoms with Crippen molar-refractivity contribution in [3.8, 4) is 0 Å². The van der Waals surface area contributed by atoms with Crippen LogP contribution in [0.1, 0.15) is 11.1 Å². The number of hydrogen-bond donors (Lipinski definition) is 1. The van der Waals surface area contributed by atoms with Gasteiger partial charge in [-0.15, -0.1) is 0 Å². The minimum absolute atomic E-state index is 0.863. The number of nitrogens with one attached hydrogen (secondary N) is 1. The van der Waals surface area contributed by atoms with E-state index in [0.29, 0.717) is 0 Å². The van der Waals surface area contributed by atoms with Crippen LogP contribution in [-0.4, -0.2) is 14.1 Å². The molecule has 0 bridgehead atoms. The van der Waals surface area contributed by atoms with Crippen LogP contribution < -0.4 is 10.2 Å². The Bertz CT molecular complexity index is 434. The van der Waals surface area contributed by atoms with Gasteiger partial charge in [0, 0.05) is 31.4 Å². The number of benzene rings is 1. The minimum Gasteiger partial charge on any atom is -0.472 e. The highest BCUT2D eigenvalue weighted by molar-refractivity contribution is 5.47. The van der Waals surface area contributed by atoms with Crippen LogP contribution in [0.5, 0.6) is 0 Å². The predicted octanol–water partition coefficient (Wildman–Crippen LogP) is 2.64. The molecule has 0 saturated heterocycles. The number of nitrogens with zero attached hydrogens (tertiary/aromatic N) is 1. The molecule has 0 aliphatic carbocycles. The van der Waals surface area contributed by atoms with Gasteiger partial charge in [0.25, 0.3) is 0 Å². The largest absolute Gasteiger partial charge is 0.472 e. The van der Waals surface area contributed by atoms with Gasteiger partial charge in [-0.1, -0.05) is 12.1 Å². The monoisotopic (exact) mass is 230 g/mol. The molecule has 2 rings (SSSR count). The second-order valence-corrected chi connectivity index (χ2v) is 4.18. The van der Waals surface area contributed by atoms with Gasteiger partial charge >= 0.3 is 0 Å². The van der Waals surface area contributed by atoms with Crippen LogP contribution in [0.4, 0.5) is 5.69 Å². The summed E-state index contributed by atoms with van der Waals surface area (Å²) in [6.07, 6.45) is 3.49. The maximum absolute atomic E-state index is 5.07. The third-order valence-corrected chi connectivity index (χ3v) is 2.76. The van der Waals surface area contributed by atoms with E-state index in [1.54, 1.807) is 12.5 Å². The lowest BCUT2D eigenvalue weighted by Gasteiger charge is -2.18. The molecule has 0 unspecified atom stereocenters. The fourth-order valence-electron chi connectivity index (χ4n) is 1.82. The molecular weight excluding hydrogens is 212 g/mol. The lowest BCUT2D eigenvalue weighted by Crippen LogP contribution is -2.16. The summed E-state index contributed by atoms with van der Waals surface area (Å²) < 4.78 is 5.07. The summed E-state index contributed by atoms with van der Waals surface area (Å²) in [5.74, 6) is 0. The van der Waals surface area contributed by atoms with Gasteiger partial charge in [-0.25, -0.2) is 0 Å². The van der Waals surface area contributed by atoms with Crippen LogP contribution in [0.3, 0.4) is 0 Å². The highest BCUT2D eigenvalue weighted by Gasteiger charge is 2.02. The highest BCUT2D eigenvalue weighted by Crippen LogP contribution is 2.16. The van der Waals surface area contributed by atoms with Crippen LogP contribution in [0.25, 0.3) is 0 Å². The number of furan rings is 1. The van der Waals surface area contributed by atoms with E-state index in [2.05, 4.69) is 41.5 Å². The van der Waals surface area contributed by atoms with E-state index in [1.165, 1.54) is 16.8 Å². The third-order valence-electron chi connectivity index (χ3n) is 2.76. The second-order valence-electron chi connectivity index (χ2n) is 4.18. The van der Waals surface area contributed by atoms with Crippen LogP contribution in [0.15, 0.2) is 47.3 Å². The summed E-state index contributed by atoms with van der Waals surface area (Å²) >= 11 is 0. The second kappa shape index (κ2) is 5.55. The van der Waals surface area contributed by atoms with Crippen LogP contribution in [0.2, 0.25) is 0 Å². The standard InChI is InChI=1S/C14H18N2O/c1-15-9-12-3-5-14(6-4-12)16(2)10-13-7-8-17-11-13/h3-8,11,15H,9-10H2,1-2H3. The highest BCUT2D eigenvalue weighted by atomic mass is 16.3. The minimum atomic E-state index is 0.863. The topological polar surface area (TPSA) is 28.4 Å². The summed E-state index contributed by atoms with van der Waals surface area (Å²) in [6.45, 7) is 1.77. The van der Waals surface area contributed by atoms with Crippen molar-refractivity contribution in [3.63, 3.8) is 0 Å². The first kappa shape index (κ1) is 11.7. The molecule has 0 atom stereocenters.